The molecule has 0 atom stereocenters. The Morgan fingerprint density at radius 3 is 2.87 bits per heavy atom. The fourth-order valence-corrected chi connectivity index (χ4v) is 1.17. The van der Waals surface area contributed by atoms with E-state index in [-0.39, 0.29) is 5.78 Å². The van der Waals surface area contributed by atoms with E-state index < -0.39 is 0 Å². The predicted molar refractivity (Wildman–Crippen MR) is 58.3 cm³/mol. The summed E-state index contributed by atoms with van der Waals surface area (Å²) >= 11 is 0. The molecular weight excluding hydrogens is 194 g/mol. The molecule has 1 aromatic rings. The van der Waals surface area contributed by atoms with Gasteiger partial charge >= 0.3 is 0 Å². The highest BCUT2D eigenvalue weighted by molar-refractivity contribution is 6.06. The van der Waals surface area contributed by atoms with Crippen molar-refractivity contribution in [3.8, 4) is 5.75 Å². The molecule has 0 saturated carbocycles. The van der Waals surface area contributed by atoms with E-state index in [9.17, 15) is 4.79 Å². The van der Waals surface area contributed by atoms with Crippen molar-refractivity contribution in [1.29, 1.82) is 0 Å². The summed E-state index contributed by atoms with van der Waals surface area (Å²) in [6.07, 6.45) is 2.73. The third-order valence-corrected chi connectivity index (χ3v) is 1.84. The predicted octanol–water partition coefficient (Wildman–Crippen LogP) is 2.73. The Labute approximate surface area is 89.0 Å². The second-order valence-electron chi connectivity index (χ2n) is 3.02. The SMILES string of the molecule is CCCOc1ccccc1[14C](=O)/C=C/O. The smallest absolute Gasteiger partial charge is 0.192 e. The number of para-hydroxylation sites is 1. The molecule has 0 fully saturated rings. The molecule has 0 spiro atoms. The number of allylic oxidation sites excluding steroid dienone is 1. The van der Waals surface area contributed by atoms with Gasteiger partial charge < -0.3 is 9.84 Å². The second kappa shape index (κ2) is 5.86. The van der Waals surface area contributed by atoms with Crippen molar-refractivity contribution in [3.63, 3.8) is 0 Å². The summed E-state index contributed by atoms with van der Waals surface area (Å²) < 4.78 is 5.42. The van der Waals surface area contributed by atoms with Crippen molar-refractivity contribution >= 4 is 5.78 Å². The Hall–Kier alpha value is -1.77. The maximum atomic E-state index is 11.5. The fraction of sp³-hybridized carbons (Fsp3) is 0.250. The summed E-state index contributed by atoms with van der Waals surface area (Å²) in [6, 6.07) is 6.99. The van der Waals surface area contributed by atoms with Gasteiger partial charge in [-0.15, -0.1) is 0 Å². The molecule has 3 heteroatoms. The van der Waals surface area contributed by atoms with Crippen molar-refractivity contribution in [2.75, 3.05) is 6.61 Å². The van der Waals surface area contributed by atoms with Gasteiger partial charge in [0.25, 0.3) is 0 Å². The van der Waals surface area contributed by atoms with Gasteiger partial charge in [0, 0.05) is 6.08 Å². The molecule has 0 saturated heterocycles. The Morgan fingerprint density at radius 1 is 1.47 bits per heavy atom. The first-order valence-electron chi connectivity index (χ1n) is 4.86. The lowest BCUT2D eigenvalue weighted by molar-refractivity contribution is 0.104. The van der Waals surface area contributed by atoms with Crippen LogP contribution in [0.4, 0.5) is 0 Å². The van der Waals surface area contributed by atoms with Crippen LogP contribution in [0.5, 0.6) is 5.75 Å². The molecule has 80 valence electrons. The number of aliphatic hydroxyl groups excluding tert-OH is 1. The number of rotatable bonds is 5. The normalized spacial score (nSPS) is 10.5. The van der Waals surface area contributed by atoms with Crippen LogP contribution >= 0.6 is 0 Å². The molecule has 3 nitrogen and oxygen atoms in total. The topological polar surface area (TPSA) is 46.5 Å². The minimum Gasteiger partial charge on any atom is -0.515 e. The van der Waals surface area contributed by atoms with E-state index in [1.54, 1.807) is 18.2 Å². The molecule has 0 heterocycles. The van der Waals surface area contributed by atoms with Crippen molar-refractivity contribution < 1.29 is 14.6 Å². The zero-order valence-electron chi connectivity index (χ0n) is 8.64. The lowest BCUT2D eigenvalue weighted by Crippen LogP contribution is -2.02. The number of ether oxygens (including phenoxy) is 1. The Kier molecular flexibility index (Phi) is 4.41. The van der Waals surface area contributed by atoms with Crippen LogP contribution in [0, 0.1) is 0 Å². The molecule has 1 aromatic carbocycles. The van der Waals surface area contributed by atoms with E-state index in [1.807, 2.05) is 13.0 Å². The fourth-order valence-electron chi connectivity index (χ4n) is 1.17. The summed E-state index contributed by atoms with van der Waals surface area (Å²) in [5.41, 5.74) is 0.469. The maximum Gasteiger partial charge on any atom is 0.192 e. The van der Waals surface area contributed by atoms with Gasteiger partial charge in [0.15, 0.2) is 5.78 Å². The van der Waals surface area contributed by atoms with Gasteiger partial charge in [0.1, 0.15) is 5.75 Å². The number of ketones is 1. The number of carbonyl (C=O) groups is 1. The van der Waals surface area contributed by atoms with Gasteiger partial charge in [0.2, 0.25) is 0 Å². The molecule has 0 bridgehead atoms. The minimum absolute atomic E-state index is 0.260. The molecule has 0 amide bonds. The van der Waals surface area contributed by atoms with Gasteiger partial charge in [-0.1, -0.05) is 19.1 Å². The summed E-state index contributed by atoms with van der Waals surface area (Å²) in [4.78, 5) is 11.5. The zero-order valence-corrected chi connectivity index (χ0v) is 8.64. The highest BCUT2D eigenvalue weighted by atomic mass is 16.5. The highest BCUT2D eigenvalue weighted by Gasteiger charge is 2.08. The Balaban J connectivity index is 2.90. The van der Waals surface area contributed by atoms with Crippen LogP contribution in [0.25, 0.3) is 0 Å². The molecule has 0 aliphatic carbocycles. The number of carbonyl (C=O) groups excluding carboxylic acids is 1. The van der Waals surface area contributed by atoms with Crippen molar-refractivity contribution in [2.45, 2.75) is 13.3 Å². The zero-order chi connectivity index (χ0) is 11.1. The summed E-state index contributed by atoms with van der Waals surface area (Å²) in [6.45, 7) is 2.57. The van der Waals surface area contributed by atoms with E-state index in [2.05, 4.69) is 0 Å². The Morgan fingerprint density at radius 2 is 2.20 bits per heavy atom. The van der Waals surface area contributed by atoms with E-state index in [0.29, 0.717) is 17.9 Å². The second-order valence-corrected chi connectivity index (χ2v) is 3.02. The van der Waals surface area contributed by atoms with Crippen molar-refractivity contribution in [3.05, 3.63) is 42.2 Å². The van der Waals surface area contributed by atoms with Crippen LogP contribution in [0.2, 0.25) is 0 Å². The molecule has 1 rings (SSSR count). The summed E-state index contributed by atoms with van der Waals surface area (Å²) in [7, 11) is 0. The number of hydrogen-bond donors (Lipinski definition) is 1. The van der Waals surface area contributed by atoms with Crippen LogP contribution in [-0.4, -0.2) is 17.5 Å². The largest absolute Gasteiger partial charge is 0.515 e. The van der Waals surface area contributed by atoms with E-state index in [1.165, 1.54) is 0 Å². The van der Waals surface area contributed by atoms with Gasteiger partial charge in [-0.2, -0.15) is 0 Å². The first kappa shape index (κ1) is 11.3. The van der Waals surface area contributed by atoms with Gasteiger partial charge in [-0.05, 0) is 18.6 Å². The molecular formula is C12H14O3. The number of hydrogen-bond acceptors (Lipinski definition) is 3. The lowest BCUT2D eigenvalue weighted by atomic mass is 10.3. The number of aliphatic hydroxyl groups is 1. The van der Waals surface area contributed by atoms with E-state index in [0.717, 1.165) is 18.8 Å². The average Bonchev–Trinajstić information content (AvgIpc) is 2.27. The van der Waals surface area contributed by atoms with Crippen LogP contribution in [0.3, 0.4) is 0 Å². The van der Waals surface area contributed by atoms with Crippen LogP contribution in [0.15, 0.2) is 36.6 Å². The maximum absolute atomic E-state index is 11.5. The monoisotopic (exact) mass is 208 g/mol. The molecule has 0 radical (unpaired) electrons. The third-order valence-electron chi connectivity index (χ3n) is 1.84. The number of benzene rings is 1. The standard InChI is InChI=1S/C12H14O3/c1-2-9-15-12-6-4-3-5-10(12)11(14)7-8-13/h3-8,13H,2,9H2,1H3/b8-7+/i11+2. The molecule has 15 heavy (non-hydrogen) atoms. The molecule has 0 aromatic heterocycles. The van der Waals surface area contributed by atoms with Crippen LogP contribution in [0.1, 0.15) is 23.7 Å². The molecule has 1 N–H and O–H groups in total. The lowest BCUT2D eigenvalue weighted by Gasteiger charge is -2.07. The summed E-state index contributed by atoms with van der Waals surface area (Å²) in [5.74, 6) is 0.298. The Bertz CT molecular complexity index is 356. The first-order valence-corrected chi connectivity index (χ1v) is 4.86. The minimum atomic E-state index is -0.260. The van der Waals surface area contributed by atoms with Gasteiger partial charge in [0.05, 0.1) is 18.4 Å². The quantitative estimate of drug-likeness (QED) is 0.459. The first-order chi connectivity index (χ1) is 7.29. The van der Waals surface area contributed by atoms with Gasteiger partial charge in [-0.3, -0.25) is 4.79 Å². The van der Waals surface area contributed by atoms with Crippen LogP contribution in [-0.2, 0) is 0 Å². The third kappa shape index (κ3) is 3.13. The van der Waals surface area contributed by atoms with E-state index in [4.69, 9.17) is 9.84 Å². The van der Waals surface area contributed by atoms with Crippen LogP contribution < -0.4 is 4.74 Å². The molecule has 0 unspecified atom stereocenters. The molecule has 0 aliphatic rings. The van der Waals surface area contributed by atoms with Crippen molar-refractivity contribution in [2.24, 2.45) is 0 Å². The van der Waals surface area contributed by atoms with Gasteiger partial charge in [-0.25, -0.2) is 0 Å². The molecule has 0 aliphatic heterocycles. The summed E-state index contributed by atoms with van der Waals surface area (Å²) in [5, 5.41) is 8.52. The van der Waals surface area contributed by atoms with Crippen molar-refractivity contribution in [1.82, 2.24) is 0 Å². The average molecular weight is 208 g/mol. The highest BCUT2D eigenvalue weighted by Crippen LogP contribution is 2.18. The van der Waals surface area contributed by atoms with E-state index >= 15 is 0 Å².